The zero-order valence-corrected chi connectivity index (χ0v) is 9.87. The summed E-state index contributed by atoms with van der Waals surface area (Å²) in [6, 6.07) is 13.7. The van der Waals surface area contributed by atoms with Crippen LogP contribution in [0.3, 0.4) is 0 Å². The van der Waals surface area contributed by atoms with E-state index in [1.165, 1.54) is 0 Å². The summed E-state index contributed by atoms with van der Waals surface area (Å²) >= 11 is 1.67. The van der Waals surface area contributed by atoms with Crippen molar-refractivity contribution in [3.63, 3.8) is 0 Å². The molecular formula is C13H11NO2S. The van der Waals surface area contributed by atoms with Gasteiger partial charge in [0.15, 0.2) is 11.5 Å². The van der Waals surface area contributed by atoms with E-state index in [4.69, 9.17) is 15.2 Å². The molecule has 1 aliphatic heterocycles. The first-order chi connectivity index (χ1) is 8.31. The predicted molar refractivity (Wildman–Crippen MR) is 67.5 cm³/mol. The topological polar surface area (TPSA) is 44.5 Å². The van der Waals surface area contributed by atoms with Crippen molar-refractivity contribution in [1.82, 2.24) is 0 Å². The molecule has 2 N–H and O–H groups in total. The molecule has 2 aromatic rings. The fourth-order valence-electron chi connectivity index (χ4n) is 1.61. The van der Waals surface area contributed by atoms with E-state index in [0.717, 1.165) is 27.0 Å². The average Bonchev–Trinajstić information content (AvgIpc) is 2.79. The van der Waals surface area contributed by atoms with E-state index in [9.17, 15) is 0 Å². The zero-order chi connectivity index (χ0) is 11.7. The molecule has 86 valence electrons. The molecule has 0 spiro atoms. The Hall–Kier alpha value is -1.81. The molecule has 2 aromatic carbocycles. The highest BCUT2D eigenvalue weighted by atomic mass is 32.2. The Kier molecular flexibility index (Phi) is 2.57. The number of rotatable bonds is 2. The van der Waals surface area contributed by atoms with Crippen LogP contribution >= 0.6 is 11.8 Å². The quantitative estimate of drug-likeness (QED) is 0.825. The summed E-state index contributed by atoms with van der Waals surface area (Å²) in [6.45, 7) is 0.311. The molecule has 4 heteroatoms. The van der Waals surface area contributed by atoms with E-state index < -0.39 is 0 Å². The van der Waals surface area contributed by atoms with Crippen LogP contribution in [0.5, 0.6) is 11.5 Å². The van der Waals surface area contributed by atoms with Gasteiger partial charge in [0.1, 0.15) is 0 Å². The Balaban J connectivity index is 1.83. The molecule has 0 amide bonds. The maximum absolute atomic E-state index is 5.65. The van der Waals surface area contributed by atoms with E-state index in [-0.39, 0.29) is 0 Å². The highest BCUT2D eigenvalue weighted by Crippen LogP contribution is 2.37. The molecule has 0 fully saturated rings. The lowest BCUT2D eigenvalue weighted by molar-refractivity contribution is 0.174. The van der Waals surface area contributed by atoms with Crippen LogP contribution in [0.15, 0.2) is 52.3 Å². The van der Waals surface area contributed by atoms with Crippen LogP contribution < -0.4 is 15.2 Å². The lowest BCUT2D eigenvalue weighted by atomic mass is 10.3. The Morgan fingerprint density at radius 3 is 2.41 bits per heavy atom. The van der Waals surface area contributed by atoms with Crippen molar-refractivity contribution in [2.24, 2.45) is 0 Å². The van der Waals surface area contributed by atoms with Crippen molar-refractivity contribution in [2.45, 2.75) is 9.79 Å². The monoisotopic (exact) mass is 245 g/mol. The lowest BCUT2D eigenvalue weighted by Crippen LogP contribution is -1.92. The van der Waals surface area contributed by atoms with Crippen molar-refractivity contribution in [2.75, 3.05) is 12.5 Å². The summed E-state index contributed by atoms with van der Waals surface area (Å²) in [6.07, 6.45) is 0. The second-order valence-corrected chi connectivity index (χ2v) is 4.83. The van der Waals surface area contributed by atoms with Gasteiger partial charge in [-0.1, -0.05) is 11.8 Å². The van der Waals surface area contributed by atoms with Crippen LogP contribution in [0.1, 0.15) is 0 Å². The fraction of sp³-hybridized carbons (Fsp3) is 0.0769. The number of nitrogens with two attached hydrogens (primary N) is 1. The van der Waals surface area contributed by atoms with Crippen molar-refractivity contribution in [3.8, 4) is 11.5 Å². The van der Waals surface area contributed by atoms with Crippen LogP contribution in [0.4, 0.5) is 5.69 Å². The molecule has 0 atom stereocenters. The largest absolute Gasteiger partial charge is 0.454 e. The van der Waals surface area contributed by atoms with Gasteiger partial charge in [0.25, 0.3) is 0 Å². The Labute approximate surface area is 104 Å². The van der Waals surface area contributed by atoms with E-state index in [1.807, 2.05) is 42.5 Å². The summed E-state index contributed by atoms with van der Waals surface area (Å²) in [7, 11) is 0. The Bertz CT molecular complexity index is 540. The van der Waals surface area contributed by atoms with Crippen LogP contribution in [-0.2, 0) is 0 Å². The average molecular weight is 245 g/mol. The van der Waals surface area contributed by atoms with Gasteiger partial charge in [-0.25, -0.2) is 0 Å². The first-order valence-corrected chi connectivity index (χ1v) is 6.06. The molecule has 3 rings (SSSR count). The van der Waals surface area contributed by atoms with Crippen molar-refractivity contribution in [1.29, 1.82) is 0 Å². The van der Waals surface area contributed by atoms with Crippen molar-refractivity contribution < 1.29 is 9.47 Å². The first-order valence-electron chi connectivity index (χ1n) is 5.24. The zero-order valence-electron chi connectivity index (χ0n) is 9.05. The van der Waals surface area contributed by atoms with Crippen LogP contribution in [0, 0.1) is 0 Å². The molecule has 3 nitrogen and oxygen atoms in total. The molecule has 1 heterocycles. The van der Waals surface area contributed by atoms with Crippen molar-refractivity contribution >= 4 is 17.4 Å². The molecule has 0 saturated heterocycles. The van der Waals surface area contributed by atoms with Gasteiger partial charge in [0, 0.05) is 15.5 Å². The second-order valence-electron chi connectivity index (χ2n) is 3.69. The molecule has 1 aliphatic rings. The van der Waals surface area contributed by atoms with Crippen LogP contribution in [0.2, 0.25) is 0 Å². The third-order valence-corrected chi connectivity index (χ3v) is 3.46. The number of ether oxygens (including phenoxy) is 2. The fourth-order valence-corrected chi connectivity index (χ4v) is 2.46. The maximum Gasteiger partial charge on any atom is 0.231 e. The Morgan fingerprint density at radius 2 is 1.59 bits per heavy atom. The highest BCUT2D eigenvalue weighted by Gasteiger charge is 2.13. The predicted octanol–water partition coefficient (Wildman–Crippen LogP) is 3.15. The van der Waals surface area contributed by atoms with Gasteiger partial charge >= 0.3 is 0 Å². The minimum atomic E-state index is 0.311. The minimum Gasteiger partial charge on any atom is -0.454 e. The van der Waals surface area contributed by atoms with Gasteiger partial charge in [-0.15, -0.1) is 0 Å². The number of hydrogen-bond donors (Lipinski definition) is 1. The molecule has 0 aromatic heterocycles. The first kappa shape index (κ1) is 10.4. The van der Waals surface area contributed by atoms with E-state index in [1.54, 1.807) is 11.8 Å². The lowest BCUT2D eigenvalue weighted by Gasteiger charge is -2.03. The Morgan fingerprint density at radius 1 is 0.882 bits per heavy atom. The molecule has 17 heavy (non-hydrogen) atoms. The van der Waals surface area contributed by atoms with Gasteiger partial charge in [0.2, 0.25) is 6.79 Å². The summed E-state index contributed by atoms with van der Waals surface area (Å²) < 4.78 is 10.6. The number of anilines is 1. The molecular weight excluding hydrogens is 234 g/mol. The standard InChI is InChI=1S/C13H11NO2S/c14-9-1-3-10(4-2-9)17-11-5-6-12-13(7-11)16-8-15-12/h1-7H,8,14H2. The van der Waals surface area contributed by atoms with E-state index in [2.05, 4.69) is 0 Å². The van der Waals surface area contributed by atoms with Gasteiger partial charge < -0.3 is 15.2 Å². The van der Waals surface area contributed by atoms with Crippen LogP contribution in [0.25, 0.3) is 0 Å². The number of benzene rings is 2. The van der Waals surface area contributed by atoms with Gasteiger partial charge in [-0.05, 0) is 42.5 Å². The number of fused-ring (bicyclic) bond motifs is 1. The molecule has 0 bridgehead atoms. The molecule has 0 aliphatic carbocycles. The number of hydrogen-bond acceptors (Lipinski definition) is 4. The summed E-state index contributed by atoms with van der Waals surface area (Å²) in [5.41, 5.74) is 6.43. The third kappa shape index (κ3) is 2.17. The maximum atomic E-state index is 5.65. The van der Waals surface area contributed by atoms with Gasteiger partial charge in [-0.3, -0.25) is 0 Å². The smallest absolute Gasteiger partial charge is 0.231 e. The third-order valence-electron chi connectivity index (χ3n) is 2.46. The van der Waals surface area contributed by atoms with E-state index in [0.29, 0.717) is 6.79 Å². The molecule has 0 unspecified atom stereocenters. The van der Waals surface area contributed by atoms with Gasteiger partial charge in [-0.2, -0.15) is 0 Å². The van der Waals surface area contributed by atoms with Crippen LogP contribution in [-0.4, -0.2) is 6.79 Å². The number of nitrogen functional groups attached to an aromatic ring is 1. The van der Waals surface area contributed by atoms with Crippen molar-refractivity contribution in [3.05, 3.63) is 42.5 Å². The van der Waals surface area contributed by atoms with Gasteiger partial charge in [0.05, 0.1) is 0 Å². The highest BCUT2D eigenvalue weighted by molar-refractivity contribution is 7.99. The summed E-state index contributed by atoms with van der Waals surface area (Å²) in [5.74, 6) is 1.62. The second kappa shape index (κ2) is 4.22. The normalized spacial score (nSPS) is 12.7. The SMILES string of the molecule is Nc1ccc(Sc2ccc3c(c2)OCO3)cc1. The van der Waals surface area contributed by atoms with E-state index >= 15 is 0 Å². The minimum absolute atomic E-state index is 0.311. The molecule has 0 saturated carbocycles. The molecule has 0 radical (unpaired) electrons. The summed E-state index contributed by atoms with van der Waals surface area (Å²) in [4.78, 5) is 2.28. The summed E-state index contributed by atoms with van der Waals surface area (Å²) in [5, 5.41) is 0.